The first-order valence-electron chi connectivity index (χ1n) is 6.66. The van der Waals surface area contributed by atoms with Gasteiger partial charge in [0, 0.05) is 7.05 Å². The van der Waals surface area contributed by atoms with Gasteiger partial charge in [0.05, 0.1) is 24.1 Å². The minimum atomic E-state index is -3.77. The van der Waals surface area contributed by atoms with E-state index in [9.17, 15) is 23.1 Å². The highest BCUT2D eigenvalue weighted by molar-refractivity contribution is 7.92. The summed E-state index contributed by atoms with van der Waals surface area (Å²) in [4.78, 5) is 24.3. The number of rotatable bonds is 7. The maximum atomic E-state index is 12.1. The second kappa shape index (κ2) is 7.89. The van der Waals surface area contributed by atoms with Crippen molar-refractivity contribution in [1.82, 2.24) is 4.90 Å². The molecule has 0 aliphatic carbocycles. The molecule has 0 aliphatic rings. The molecular formula is C15H19NO6S. The number of carbonyl (C=O) groups is 2. The summed E-state index contributed by atoms with van der Waals surface area (Å²) < 4.78 is 28.7. The Bertz CT molecular complexity index is 683. The van der Waals surface area contributed by atoms with Crippen LogP contribution in [0, 0.1) is 0 Å². The van der Waals surface area contributed by atoms with Gasteiger partial charge in [0.1, 0.15) is 11.9 Å². The van der Waals surface area contributed by atoms with Gasteiger partial charge in [0.25, 0.3) is 0 Å². The standard InChI is InChI=1S/C15H19NO6S/c1-11(15(19)22-3)13(17)9-16(2)14(18)10-23(20,21)12-7-5-4-6-8-12/h4-8,13,17H,1,9-10H2,2-3H3. The lowest BCUT2D eigenvalue weighted by Gasteiger charge is -2.21. The Balaban J connectivity index is 2.71. The van der Waals surface area contributed by atoms with E-state index < -0.39 is 33.6 Å². The number of hydrogen-bond donors (Lipinski definition) is 1. The van der Waals surface area contributed by atoms with Gasteiger partial charge in [-0.25, -0.2) is 13.2 Å². The predicted octanol–water partition coefficient (Wildman–Crippen LogP) is 0.00880. The van der Waals surface area contributed by atoms with Crippen LogP contribution in [-0.2, 0) is 24.2 Å². The predicted molar refractivity (Wildman–Crippen MR) is 83.3 cm³/mol. The van der Waals surface area contributed by atoms with Crippen LogP contribution in [0.2, 0.25) is 0 Å². The topological polar surface area (TPSA) is 101 Å². The number of esters is 1. The van der Waals surface area contributed by atoms with E-state index in [1.807, 2.05) is 0 Å². The summed E-state index contributed by atoms with van der Waals surface area (Å²) in [6.45, 7) is 3.11. The minimum absolute atomic E-state index is 0.0428. The van der Waals surface area contributed by atoms with Crippen LogP contribution < -0.4 is 0 Å². The molecule has 1 aromatic rings. The number of hydrogen-bond acceptors (Lipinski definition) is 6. The fourth-order valence-electron chi connectivity index (χ4n) is 1.72. The number of ether oxygens (including phenoxy) is 1. The molecule has 1 rings (SSSR count). The average Bonchev–Trinajstić information content (AvgIpc) is 2.53. The van der Waals surface area contributed by atoms with Crippen molar-refractivity contribution in [2.75, 3.05) is 26.5 Å². The third-order valence-electron chi connectivity index (χ3n) is 3.14. The van der Waals surface area contributed by atoms with Crippen LogP contribution >= 0.6 is 0 Å². The van der Waals surface area contributed by atoms with Crippen molar-refractivity contribution in [3.63, 3.8) is 0 Å². The van der Waals surface area contributed by atoms with Crippen LogP contribution in [-0.4, -0.2) is 62.9 Å². The van der Waals surface area contributed by atoms with Gasteiger partial charge in [-0.05, 0) is 12.1 Å². The lowest BCUT2D eigenvalue weighted by molar-refractivity contribution is -0.138. The third-order valence-corrected chi connectivity index (χ3v) is 4.76. The quantitative estimate of drug-likeness (QED) is 0.554. The van der Waals surface area contributed by atoms with Crippen molar-refractivity contribution < 1.29 is 27.9 Å². The third kappa shape index (κ3) is 5.19. The number of aliphatic hydroxyl groups is 1. The van der Waals surface area contributed by atoms with Crippen LogP contribution in [0.1, 0.15) is 0 Å². The Morgan fingerprint density at radius 3 is 2.39 bits per heavy atom. The molecule has 0 fully saturated rings. The van der Waals surface area contributed by atoms with Crippen molar-refractivity contribution in [3.8, 4) is 0 Å². The number of likely N-dealkylation sites (N-methyl/N-ethyl adjacent to an activating group) is 1. The molecule has 0 aromatic heterocycles. The van der Waals surface area contributed by atoms with Gasteiger partial charge < -0.3 is 14.7 Å². The number of carbonyl (C=O) groups excluding carboxylic acids is 2. The molecule has 0 saturated carbocycles. The van der Waals surface area contributed by atoms with Crippen molar-refractivity contribution in [2.45, 2.75) is 11.0 Å². The highest BCUT2D eigenvalue weighted by Crippen LogP contribution is 2.11. The Labute approximate surface area is 135 Å². The lowest BCUT2D eigenvalue weighted by Crippen LogP contribution is -2.39. The summed E-state index contributed by atoms with van der Waals surface area (Å²) in [7, 11) is -1.30. The first-order valence-corrected chi connectivity index (χ1v) is 8.31. The zero-order valence-corrected chi connectivity index (χ0v) is 13.7. The molecule has 1 amide bonds. The Morgan fingerprint density at radius 1 is 1.30 bits per heavy atom. The number of methoxy groups -OCH3 is 1. The van der Waals surface area contributed by atoms with Crippen molar-refractivity contribution in [3.05, 3.63) is 42.5 Å². The lowest BCUT2D eigenvalue weighted by atomic mass is 10.1. The highest BCUT2D eigenvalue weighted by atomic mass is 32.2. The van der Waals surface area contributed by atoms with Crippen molar-refractivity contribution in [1.29, 1.82) is 0 Å². The van der Waals surface area contributed by atoms with E-state index in [2.05, 4.69) is 11.3 Å². The highest BCUT2D eigenvalue weighted by Gasteiger charge is 2.25. The first-order chi connectivity index (χ1) is 10.7. The fourth-order valence-corrected chi connectivity index (χ4v) is 3.01. The van der Waals surface area contributed by atoms with Crippen LogP contribution in [0.5, 0.6) is 0 Å². The molecule has 0 heterocycles. The monoisotopic (exact) mass is 341 g/mol. The van der Waals surface area contributed by atoms with E-state index in [1.54, 1.807) is 18.2 Å². The van der Waals surface area contributed by atoms with Gasteiger partial charge in [-0.3, -0.25) is 4.79 Å². The number of nitrogens with zero attached hydrogens (tertiary/aromatic N) is 1. The van der Waals surface area contributed by atoms with Gasteiger partial charge in [-0.15, -0.1) is 0 Å². The van der Waals surface area contributed by atoms with Crippen LogP contribution in [0.25, 0.3) is 0 Å². The molecule has 0 spiro atoms. The van der Waals surface area contributed by atoms with Crippen molar-refractivity contribution >= 4 is 21.7 Å². The summed E-state index contributed by atoms with van der Waals surface area (Å²) in [5.74, 6) is -2.23. The summed E-state index contributed by atoms with van der Waals surface area (Å²) in [6.07, 6.45) is -1.34. The molecule has 1 unspecified atom stereocenters. The van der Waals surface area contributed by atoms with Gasteiger partial charge in [-0.1, -0.05) is 24.8 Å². The summed E-state index contributed by atoms with van der Waals surface area (Å²) in [6, 6.07) is 7.59. The Hall–Kier alpha value is -2.19. The van der Waals surface area contributed by atoms with E-state index in [-0.39, 0.29) is 17.0 Å². The van der Waals surface area contributed by atoms with E-state index in [1.165, 1.54) is 19.2 Å². The molecule has 23 heavy (non-hydrogen) atoms. The van der Waals surface area contributed by atoms with E-state index in [0.717, 1.165) is 12.0 Å². The molecule has 1 atom stereocenters. The van der Waals surface area contributed by atoms with E-state index >= 15 is 0 Å². The molecule has 0 radical (unpaired) electrons. The molecule has 126 valence electrons. The SMILES string of the molecule is C=C(C(=O)OC)C(O)CN(C)C(=O)CS(=O)(=O)c1ccccc1. The summed E-state index contributed by atoms with van der Waals surface area (Å²) in [5.41, 5.74) is -0.210. The van der Waals surface area contributed by atoms with E-state index in [4.69, 9.17) is 0 Å². The molecule has 0 aliphatic heterocycles. The molecule has 0 bridgehead atoms. The van der Waals surface area contributed by atoms with Gasteiger partial charge >= 0.3 is 5.97 Å². The average molecular weight is 341 g/mol. The normalized spacial score (nSPS) is 12.3. The second-order valence-electron chi connectivity index (χ2n) is 4.88. The number of aliphatic hydroxyl groups excluding tert-OH is 1. The van der Waals surface area contributed by atoms with Gasteiger partial charge in [-0.2, -0.15) is 0 Å². The number of sulfone groups is 1. The zero-order valence-electron chi connectivity index (χ0n) is 12.9. The maximum Gasteiger partial charge on any atom is 0.335 e. The molecule has 8 heteroatoms. The Kier molecular flexibility index (Phi) is 6.47. The Morgan fingerprint density at radius 2 is 1.87 bits per heavy atom. The number of amides is 1. The van der Waals surface area contributed by atoms with Gasteiger partial charge in [0.15, 0.2) is 9.84 Å². The molecule has 7 nitrogen and oxygen atoms in total. The van der Waals surface area contributed by atoms with E-state index in [0.29, 0.717) is 0 Å². The van der Waals surface area contributed by atoms with Crippen LogP contribution in [0.15, 0.2) is 47.4 Å². The number of benzene rings is 1. The summed E-state index contributed by atoms with van der Waals surface area (Å²) in [5, 5.41) is 9.81. The molecule has 1 aromatic carbocycles. The molecule has 0 saturated heterocycles. The largest absolute Gasteiger partial charge is 0.466 e. The second-order valence-corrected chi connectivity index (χ2v) is 6.87. The fraction of sp³-hybridized carbons (Fsp3) is 0.333. The first kappa shape index (κ1) is 18.9. The zero-order chi connectivity index (χ0) is 17.6. The van der Waals surface area contributed by atoms with Crippen LogP contribution in [0.4, 0.5) is 0 Å². The van der Waals surface area contributed by atoms with Gasteiger partial charge in [0.2, 0.25) is 5.91 Å². The molecular weight excluding hydrogens is 322 g/mol. The smallest absolute Gasteiger partial charge is 0.335 e. The molecule has 1 N–H and O–H groups in total. The maximum absolute atomic E-state index is 12.1. The summed E-state index contributed by atoms with van der Waals surface area (Å²) >= 11 is 0. The minimum Gasteiger partial charge on any atom is -0.466 e. The van der Waals surface area contributed by atoms with Crippen LogP contribution in [0.3, 0.4) is 0 Å². The van der Waals surface area contributed by atoms with Crippen molar-refractivity contribution in [2.24, 2.45) is 0 Å².